The molecule has 1 aliphatic heterocycles. The Balaban J connectivity index is 1.72. The summed E-state index contributed by atoms with van der Waals surface area (Å²) in [7, 11) is 0. The van der Waals surface area contributed by atoms with Gasteiger partial charge in [0.25, 0.3) is 0 Å². The maximum absolute atomic E-state index is 12.7. The molecule has 1 aromatic carbocycles. The van der Waals surface area contributed by atoms with E-state index in [1.807, 2.05) is 20.8 Å². The average Bonchev–Trinajstić information content (AvgIpc) is 2.98. The summed E-state index contributed by atoms with van der Waals surface area (Å²) in [4.78, 5) is 13.8. The van der Waals surface area contributed by atoms with Gasteiger partial charge < -0.3 is 22.6 Å². The normalized spacial score (nSPS) is 26.9. The molecule has 3 nitrogen and oxygen atoms in total. The van der Waals surface area contributed by atoms with Crippen LogP contribution in [0.3, 0.4) is 0 Å². The van der Waals surface area contributed by atoms with Crippen LogP contribution < -0.4 is 5.46 Å². The summed E-state index contributed by atoms with van der Waals surface area (Å²) < 4.78 is 43.5. The molecule has 1 aliphatic carbocycles. The van der Waals surface area contributed by atoms with Crippen LogP contribution >= 0.6 is 0 Å². The molecule has 0 spiro atoms. The third-order valence-corrected chi connectivity index (χ3v) is 4.66. The van der Waals surface area contributed by atoms with Gasteiger partial charge >= 0.3 is 13.1 Å². The average molecular weight is 326 g/mol. The Morgan fingerprint density at radius 2 is 1.87 bits per heavy atom. The molecule has 23 heavy (non-hydrogen) atoms. The molecule has 7 heteroatoms. The minimum atomic E-state index is -4.96. The molecule has 2 aliphatic rings. The Morgan fingerprint density at radius 1 is 1.26 bits per heavy atom. The number of nitrogens with zero attached hydrogens (tertiary/aromatic N) is 1. The molecule has 0 aromatic heterocycles. The number of rotatable bonds is 2. The van der Waals surface area contributed by atoms with Crippen molar-refractivity contribution in [1.82, 2.24) is 4.90 Å². The fourth-order valence-electron chi connectivity index (χ4n) is 3.43. The molecular weight excluding hydrogens is 306 g/mol. The highest BCUT2D eigenvalue weighted by molar-refractivity contribution is 6.73. The molecule has 1 saturated heterocycles. The van der Waals surface area contributed by atoms with Crippen molar-refractivity contribution in [2.24, 2.45) is 5.92 Å². The van der Waals surface area contributed by atoms with Gasteiger partial charge in [0, 0.05) is 18.5 Å². The number of amides is 1. The van der Waals surface area contributed by atoms with Crippen molar-refractivity contribution in [3.8, 4) is 0 Å². The van der Waals surface area contributed by atoms with Crippen molar-refractivity contribution >= 4 is 18.5 Å². The Morgan fingerprint density at radius 3 is 2.39 bits per heavy atom. The summed E-state index contributed by atoms with van der Waals surface area (Å²) in [5, 5.41) is 0. The molecule has 2 unspecified atom stereocenters. The van der Waals surface area contributed by atoms with E-state index in [2.05, 4.69) is 0 Å². The minimum Gasteiger partial charge on any atom is -0.445 e. The summed E-state index contributed by atoms with van der Waals surface area (Å²) in [5.74, 6) is 0.317. The molecule has 2 fully saturated rings. The van der Waals surface area contributed by atoms with Crippen LogP contribution in [0.15, 0.2) is 24.3 Å². The molecule has 0 bridgehead atoms. The van der Waals surface area contributed by atoms with Gasteiger partial charge in [0.2, 0.25) is 0 Å². The number of likely N-dealkylation sites (tertiary alicyclic amines) is 1. The van der Waals surface area contributed by atoms with Crippen LogP contribution in [0.4, 0.5) is 17.7 Å². The molecule has 126 valence electrons. The lowest BCUT2D eigenvalue weighted by molar-refractivity contribution is 0.0270. The van der Waals surface area contributed by atoms with E-state index >= 15 is 0 Å². The molecule has 3 rings (SSSR count). The summed E-state index contributed by atoms with van der Waals surface area (Å²) in [5.41, 5.74) is -0.427. The SMILES string of the molecule is CC(C)(C)OC(=O)N1CC2CC2(c2ccc([B-](F)(F)F)cc2)C1. The van der Waals surface area contributed by atoms with E-state index in [1.165, 1.54) is 0 Å². The van der Waals surface area contributed by atoms with Crippen molar-refractivity contribution in [2.45, 2.75) is 38.2 Å². The molecule has 1 amide bonds. The highest BCUT2D eigenvalue weighted by atomic mass is 19.4. The lowest BCUT2D eigenvalue weighted by atomic mass is 9.79. The first-order valence-corrected chi connectivity index (χ1v) is 7.80. The Hall–Kier alpha value is -1.66. The molecule has 1 heterocycles. The number of carbonyl (C=O) groups excluding carboxylic acids is 1. The lowest BCUT2D eigenvalue weighted by Crippen LogP contribution is -2.38. The van der Waals surface area contributed by atoms with Gasteiger partial charge in [-0.25, -0.2) is 4.79 Å². The first kappa shape index (κ1) is 16.2. The van der Waals surface area contributed by atoms with E-state index < -0.39 is 18.0 Å². The largest absolute Gasteiger partial charge is 0.509 e. The number of benzene rings is 1. The van der Waals surface area contributed by atoms with Gasteiger partial charge in [0.15, 0.2) is 0 Å². The second-order valence-corrected chi connectivity index (χ2v) is 7.61. The number of carbonyl (C=O) groups is 1. The predicted molar refractivity (Wildman–Crippen MR) is 82.7 cm³/mol. The van der Waals surface area contributed by atoms with Crippen molar-refractivity contribution in [2.75, 3.05) is 13.1 Å². The zero-order valence-corrected chi connectivity index (χ0v) is 13.5. The Labute approximate surface area is 133 Å². The highest BCUT2D eigenvalue weighted by Gasteiger charge is 2.62. The van der Waals surface area contributed by atoms with E-state index in [9.17, 15) is 17.7 Å². The third kappa shape index (κ3) is 3.05. The van der Waals surface area contributed by atoms with Crippen LogP contribution in [0, 0.1) is 5.92 Å². The predicted octanol–water partition coefficient (Wildman–Crippen LogP) is 3.25. The number of fused-ring (bicyclic) bond motifs is 1. The van der Waals surface area contributed by atoms with E-state index in [-0.39, 0.29) is 11.5 Å². The molecule has 0 N–H and O–H groups in total. The molecule has 2 atom stereocenters. The topological polar surface area (TPSA) is 29.5 Å². The lowest BCUT2D eigenvalue weighted by Gasteiger charge is -2.26. The van der Waals surface area contributed by atoms with Gasteiger partial charge in [-0.2, -0.15) is 0 Å². The van der Waals surface area contributed by atoms with Gasteiger partial charge in [-0.1, -0.05) is 24.3 Å². The maximum Gasteiger partial charge on any atom is 0.509 e. The Bertz CT molecular complexity index is 624. The van der Waals surface area contributed by atoms with Gasteiger partial charge in [-0.05, 0) is 38.7 Å². The van der Waals surface area contributed by atoms with E-state index in [4.69, 9.17) is 4.74 Å². The second kappa shape index (κ2) is 4.92. The molecule has 1 aromatic rings. The van der Waals surface area contributed by atoms with Gasteiger partial charge in [-0.3, -0.25) is 0 Å². The minimum absolute atomic E-state index is 0.186. The zero-order valence-electron chi connectivity index (χ0n) is 13.5. The van der Waals surface area contributed by atoms with Gasteiger partial charge in [-0.15, -0.1) is 5.46 Å². The van der Waals surface area contributed by atoms with Crippen LogP contribution in [-0.4, -0.2) is 36.7 Å². The number of hydrogen-bond donors (Lipinski definition) is 0. The summed E-state index contributed by atoms with van der Waals surface area (Å²) >= 11 is 0. The van der Waals surface area contributed by atoms with Crippen LogP contribution in [0.25, 0.3) is 0 Å². The van der Waals surface area contributed by atoms with Crippen molar-refractivity contribution < 1.29 is 22.5 Å². The van der Waals surface area contributed by atoms with Gasteiger partial charge in [0.1, 0.15) is 5.60 Å². The standard InChI is InChI=1S/C16H20BF3NO2/c1-15(2,3)23-14(22)21-9-12-8-16(12,10-21)11-4-6-13(7-5-11)17(18,19)20/h4-7,12H,8-10H2,1-3H3/q-1. The van der Waals surface area contributed by atoms with Crippen LogP contribution in [0.5, 0.6) is 0 Å². The summed E-state index contributed by atoms with van der Waals surface area (Å²) in [6, 6.07) is 5.41. The fraction of sp³-hybridized carbons (Fsp3) is 0.562. The van der Waals surface area contributed by atoms with E-state index in [0.29, 0.717) is 19.0 Å². The Kier molecular flexibility index (Phi) is 3.47. The smallest absolute Gasteiger partial charge is 0.445 e. The van der Waals surface area contributed by atoms with Crippen molar-refractivity contribution in [3.05, 3.63) is 29.8 Å². The number of piperidine rings is 1. The van der Waals surface area contributed by atoms with Crippen LogP contribution in [-0.2, 0) is 10.2 Å². The van der Waals surface area contributed by atoms with Crippen LogP contribution in [0.1, 0.15) is 32.8 Å². The quantitative estimate of drug-likeness (QED) is 0.781. The second-order valence-electron chi connectivity index (χ2n) is 7.61. The van der Waals surface area contributed by atoms with Gasteiger partial charge in [0.05, 0.1) is 0 Å². The molecule has 0 radical (unpaired) electrons. The number of hydrogen-bond acceptors (Lipinski definition) is 2. The molecule has 1 saturated carbocycles. The zero-order chi connectivity index (χ0) is 17.0. The fourth-order valence-corrected chi connectivity index (χ4v) is 3.43. The first-order chi connectivity index (χ1) is 10.5. The van der Waals surface area contributed by atoms with E-state index in [0.717, 1.165) is 24.1 Å². The highest BCUT2D eigenvalue weighted by Crippen LogP contribution is 2.59. The maximum atomic E-state index is 12.7. The number of ether oxygens (including phenoxy) is 1. The van der Waals surface area contributed by atoms with E-state index in [1.54, 1.807) is 17.0 Å². The first-order valence-electron chi connectivity index (χ1n) is 7.80. The monoisotopic (exact) mass is 326 g/mol. The van der Waals surface area contributed by atoms with Crippen molar-refractivity contribution in [1.29, 1.82) is 0 Å². The third-order valence-electron chi connectivity index (χ3n) is 4.66. The van der Waals surface area contributed by atoms with Crippen molar-refractivity contribution in [3.63, 3.8) is 0 Å². The summed E-state index contributed by atoms with van der Waals surface area (Å²) in [6.07, 6.45) is 0.572. The summed E-state index contributed by atoms with van der Waals surface area (Å²) in [6.45, 7) is 1.61. The molecular formula is C16H20BF3NO2-. The number of halogens is 3. The van der Waals surface area contributed by atoms with Crippen LogP contribution in [0.2, 0.25) is 0 Å².